The van der Waals surface area contributed by atoms with E-state index < -0.39 is 15.8 Å². The summed E-state index contributed by atoms with van der Waals surface area (Å²) in [5.74, 6) is 0.856. The molecular weight excluding hydrogens is 319 g/mol. The highest BCUT2D eigenvalue weighted by molar-refractivity contribution is 7.92. The fourth-order valence-corrected chi connectivity index (χ4v) is 3.32. The number of rotatable bonds is 4. The van der Waals surface area contributed by atoms with E-state index in [0.29, 0.717) is 11.4 Å². The lowest BCUT2D eigenvalue weighted by Gasteiger charge is -2.10. The summed E-state index contributed by atoms with van der Waals surface area (Å²) in [6.07, 6.45) is 4.16. The molecule has 6 nitrogen and oxygen atoms in total. The summed E-state index contributed by atoms with van der Waals surface area (Å²) in [4.78, 5) is 0. The lowest BCUT2D eigenvalue weighted by molar-refractivity contribution is 0.599. The summed E-state index contributed by atoms with van der Waals surface area (Å²) in [6, 6.07) is 4.33. The van der Waals surface area contributed by atoms with E-state index in [9.17, 15) is 12.8 Å². The fourth-order valence-electron chi connectivity index (χ4n) is 2.68. The van der Waals surface area contributed by atoms with E-state index in [0.717, 1.165) is 38.1 Å². The van der Waals surface area contributed by atoms with Gasteiger partial charge in [0.05, 0.1) is 11.4 Å². The van der Waals surface area contributed by atoms with Gasteiger partial charge in [0.15, 0.2) is 5.82 Å². The van der Waals surface area contributed by atoms with Crippen LogP contribution in [0.25, 0.3) is 11.4 Å². The standard InChI is InChI=1S/C15H19FN4O2S/c1-2-23(21,22)19-13-10-11(7-8-12(13)16)15-18-17-14-6-4-3-5-9-20(14)15/h7-8,10,19H,2-6,9H2,1H3. The van der Waals surface area contributed by atoms with Gasteiger partial charge in [-0.15, -0.1) is 10.2 Å². The van der Waals surface area contributed by atoms with Gasteiger partial charge in [0.1, 0.15) is 11.6 Å². The van der Waals surface area contributed by atoms with Gasteiger partial charge in [0, 0.05) is 18.5 Å². The van der Waals surface area contributed by atoms with Crippen molar-refractivity contribution in [3.05, 3.63) is 29.8 Å². The van der Waals surface area contributed by atoms with Gasteiger partial charge in [-0.3, -0.25) is 4.72 Å². The molecule has 0 radical (unpaired) electrons. The summed E-state index contributed by atoms with van der Waals surface area (Å²) >= 11 is 0. The molecule has 1 aromatic carbocycles. The molecule has 0 fully saturated rings. The minimum absolute atomic E-state index is 0.0599. The van der Waals surface area contributed by atoms with E-state index in [2.05, 4.69) is 14.9 Å². The largest absolute Gasteiger partial charge is 0.311 e. The molecule has 8 heteroatoms. The maximum Gasteiger partial charge on any atom is 0.232 e. The van der Waals surface area contributed by atoms with Crippen LogP contribution < -0.4 is 4.72 Å². The monoisotopic (exact) mass is 338 g/mol. The SMILES string of the molecule is CCS(=O)(=O)Nc1cc(-c2nnc3n2CCCCC3)ccc1F. The Bertz CT molecular complexity index is 817. The molecule has 2 aromatic rings. The summed E-state index contributed by atoms with van der Waals surface area (Å²) in [5, 5.41) is 8.43. The average molecular weight is 338 g/mol. The predicted octanol–water partition coefficient (Wildman–Crippen LogP) is 2.57. The van der Waals surface area contributed by atoms with Gasteiger partial charge in [0.2, 0.25) is 10.0 Å². The summed E-state index contributed by atoms with van der Waals surface area (Å²) in [6.45, 7) is 2.33. The number of anilines is 1. The van der Waals surface area contributed by atoms with Crippen LogP contribution in [0.5, 0.6) is 0 Å². The van der Waals surface area contributed by atoms with Crippen molar-refractivity contribution in [2.24, 2.45) is 0 Å². The minimum atomic E-state index is -3.54. The average Bonchev–Trinajstić information content (AvgIpc) is 2.78. The van der Waals surface area contributed by atoms with E-state index in [-0.39, 0.29) is 11.4 Å². The van der Waals surface area contributed by atoms with Crippen LogP contribution in [0.15, 0.2) is 18.2 Å². The Kier molecular flexibility index (Phi) is 4.34. The molecule has 1 N–H and O–H groups in total. The Morgan fingerprint density at radius 3 is 2.87 bits per heavy atom. The molecule has 0 amide bonds. The molecule has 3 rings (SSSR count). The van der Waals surface area contributed by atoms with Crippen LogP contribution in [0.1, 0.15) is 32.0 Å². The lowest BCUT2D eigenvalue weighted by atomic mass is 10.2. The normalized spacial score (nSPS) is 15.0. The quantitative estimate of drug-likeness (QED) is 0.929. The minimum Gasteiger partial charge on any atom is -0.311 e. The van der Waals surface area contributed by atoms with Crippen LogP contribution >= 0.6 is 0 Å². The molecule has 0 bridgehead atoms. The summed E-state index contributed by atoms with van der Waals surface area (Å²) in [5.41, 5.74) is 0.594. The second-order valence-electron chi connectivity index (χ2n) is 5.60. The Labute approximate surface area is 134 Å². The molecule has 0 saturated heterocycles. The van der Waals surface area contributed by atoms with E-state index in [4.69, 9.17) is 0 Å². The van der Waals surface area contributed by atoms with Crippen molar-refractivity contribution in [2.75, 3.05) is 10.5 Å². The molecule has 23 heavy (non-hydrogen) atoms. The molecule has 2 heterocycles. The van der Waals surface area contributed by atoms with Crippen LogP contribution in [0.3, 0.4) is 0 Å². The Balaban J connectivity index is 2.00. The van der Waals surface area contributed by atoms with E-state index in [1.54, 1.807) is 6.07 Å². The summed E-state index contributed by atoms with van der Waals surface area (Å²) < 4.78 is 41.6. The number of nitrogens with zero attached hydrogens (tertiary/aromatic N) is 3. The Hall–Kier alpha value is -1.96. The third-order valence-corrected chi connectivity index (χ3v) is 5.27. The van der Waals surface area contributed by atoms with Crippen LogP contribution in [-0.2, 0) is 23.0 Å². The first-order valence-corrected chi connectivity index (χ1v) is 9.38. The van der Waals surface area contributed by atoms with Gasteiger partial charge < -0.3 is 4.57 Å². The van der Waals surface area contributed by atoms with Crippen molar-refractivity contribution in [3.8, 4) is 11.4 Å². The third kappa shape index (κ3) is 3.36. The lowest BCUT2D eigenvalue weighted by Crippen LogP contribution is -2.15. The van der Waals surface area contributed by atoms with E-state index in [1.807, 2.05) is 4.57 Å². The van der Waals surface area contributed by atoms with Crippen molar-refractivity contribution < 1.29 is 12.8 Å². The van der Waals surface area contributed by atoms with Crippen molar-refractivity contribution in [1.29, 1.82) is 0 Å². The van der Waals surface area contributed by atoms with Crippen LogP contribution in [0, 0.1) is 5.82 Å². The van der Waals surface area contributed by atoms with Crippen LogP contribution in [0.2, 0.25) is 0 Å². The smallest absolute Gasteiger partial charge is 0.232 e. The van der Waals surface area contributed by atoms with Crippen molar-refractivity contribution in [1.82, 2.24) is 14.8 Å². The first-order valence-electron chi connectivity index (χ1n) is 7.72. The zero-order chi connectivity index (χ0) is 16.4. The molecule has 0 atom stereocenters. The first kappa shape index (κ1) is 15.9. The molecule has 0 unspecified atom stereocenters. The zero-order valence-electron chi connectivity index (χ0n) is 12.9. The summed E-state index contributed by atoms with van der Waals surface area (Å²) in [7, 11) is -3.54. The van der Waals surface area contributed by atoms with Gasteiger partial charge in [-0.2, -0.15) is 0 Å². The molecule has 124 valence electrons. The molecule has 1 aliphatic rings. The second kappa shape index (κ2) is 6.27. The molecule has 1 aliphatic heterocycles. The highest BCUT2D eigenvalue weighted by Crippen LogP contribution is 2.27. The maximum absolute atomic E-state index is 13.9. The molecule has 1 aromatic heterocycles. The highest BCUT2D eigenvalue weighted by atomic mass is 32.2. The number of aromatic nitrogens is 3. The Morgan fingerprint density at radius 1 is 1.26 bits per heavy atom. The number of benzene rings is 1. The molecular formula is C15H19FN4O2S. The number of hydrogen-bond donors (Lipinski definition) is 1. The number of halogens is 1. The van der Waals surface area contributed by atoms with E-state index in [1.165, 1.54) is 19.1 Å². The number of nitrogens with one attached hydrogen (secondary N) is 1. The van der Waals surface area contributed by atoms with Crippen LogP contribution in [0.4, 0.5) is 10.1 Å². The maximum atomic E-state index is 13.9. The van der Waals surface area contributed by atoms with Gasteiger partial charge in [0.25, 0.3) is 0 Å². The predicted molar refractivity (Wildman–Crippen MR) is 86.1 cm³/mol. The second-order valence-corrected chi connectivity index (χ2v) is 7.61. The highest BCUT2D eigenvalue weighted by Gasteiger charge is 2.18. The first-order chi connectivity index (χ1) is 11.0. The Morgan fingerprint density at radius 2 is 2.09 bits per heavy atom. The van der Waals surface area contributed by atoms with Gasteiger partial charge in [-0.25, -0.2) is 12.8 Å². The number of sulfonamides is 1. The van der Waals surface area contributed by atoms with Gasteiger partial charge in [-0.05, 0) is 38.0 Å². The van der Waals surface area contributed by atoms with Crippen LogP contribution in [-0.4, -0.2) is 28.9 Å². The van der Waals surface area contributed by atoms with Gasteiger partial charge in [-0.1, -0.05) is 6.42 Å². The number of aryl methyl sites for hydroxylation is 1. The van der Waals surface area contributed by atoms with Crippen molar-refractivity contribution in [3.63, 3.8) is 0 Å². The fraction of sp³-hybridized carbons (Fsp3) is 0.467. The number of hydrogen-bond acceptors (Lipinski definition) is 4. The molecule has 0 spiro atoms. The topological polar surface area (TPSA) is 76.9 Å². The molecule has 0 aliphatic carbocycles. The number of fused-ring (bicyclic) bond motifs is 1. The third-order valence-electron chi connectivity index (χ3n) is 3.98. The molecule has 0 saturated carbocycles. The zero-order valence-corrected chi connectivity index (χ0v) is 13.7. The van der Waals surface area contributed by atoms with E-state index >= 15 is 0 Å². The van der Waals surface area contributed by atoms with Gasteiger partial charge >= 0.3 is 0 Å². The van der Waals surface area contributed by atoms with Crippen molar-refractivity contribution in [2.45, 2.75) is 39.2 Å². The van der Waals surface area contributed by atoms with Crippen molar-refractivity contribution >= 4 is 15.7 Å².